The number of hydrogen-bond acceptors (Lipinski definition) is 3. The quantitative estimate of drug-likeness (QED) is 0.900. The van der Waals surface area contributed by atoms with Gasteiger partial charge in [0.15, 0.2) is 0 Å². The number of anilines is 1. The van der Waals surface area contributed by atoms with Crippen LogP contribution in [0.3, 0.4) is 0 Å². The number of amides is 2. The van der Waals surface area contributed by atoms with Crippen molar-refractivity contribution in [1.29, 1.82) is 0 Å². The fourth-order valence-electron chi connectivity index (χ4n) is 2.75. The second kappa shape index (κ2) is 8.02. The first-order valence-electron chi connectivity index (χ1n) is 8.13. The fraction of sp³-hybridized carbons (Fsp3) is 0.333. The Bertz CT molecular complexity index is 722. The molecule has 2 amide bonds. The van der Waals surface area contributed by atoms with Gasteiger partial charge in [-0.2, -0.15) is 0 Å². The third-order valence-corrected chi connectivity index (χ3v) is 4.00. The zero-order valence-electron chi connectivity index (χ0n) is 13.6. The van der Waals surface area contributed by atoms with Crippen LogP contribution in [0.4, 0.5) is 19.3 Å². The van der Waals surface area contributed by atoms with Gasteiger partial charge in [0.25, 0.3) is 0 Å². The molecule has 1 aliphatic heterocycles. The van der Waals surface area contributed by atoms with Crippen molar-refractivity contribution in [2.24, 2.45) is 0 Å². The number of carbonyl (C=O) groups is 1. The predicted octanol–water partition coefficient (Wildman–Crippen LogP) is 3.57. The van der Waals surface area contributed by atoms with Gasteiger partial charge in [-0.1, -0.05) is 6.07 Å². The van der Waals surface area contributed by atoms with Crippen molar-refractivity contribution >= 4 is 11.7 Å². The van der Waals surface area contributed by atoms with Crippen molar-refractivity contribution in [1.82, 2.24) is 9.88 Å². The summed E-state index contributed by atoms with van der Waals surface area (Å²) in [5, 5.41) is 2.44. The third-order valence-electron chi connectivity index (χ3n) is 4.00. The fourth-order valence-corrected chi connectivity index (χ4v) is 2.75. The van der Waals surface area contributed by atoms with E-state index < -0.39 is 17.7 Å². The van der Waals surface area contributed by atoms with E-state index in [1.807, 2.05) is 6.07 Å². The number of rotatable bonds is 5. The number of nitrogens with one attached hydrogen (secondary N) is 1. The molecule has 0 bridgehead atoms. The van der Waals surface area contributed by atoms with Crippen molar-refractivity contribution < 1.29 is 18.3 Å². The van der Waals surface area contributed by atoms with Crippen molar-refractivity contribution in [3.05, 3.63) is 59.9 Å². The Morgan fingerprint density at radius 3 is 2.96 bits per heavy atom. The molecule has 7 heteroatoms. The first kappa shape index (κ1) is 17.3. The number of benzene rings is 1. The largest absolute Gasteiger partial charge is 0.376 e. The standard InChI is InChI=1S/C18H19F2N3O2/c19-14-5-6-16(20)17(9-14)22-18(24)23(12-15-4-2-8-25-15)11-13-3-1-7-21-10-13/h1,3,5-7,9-10,15H,2,4,8,11-12H2,(H,22,24). The Labute approximate surface area is 144 Å². The van der Waals surface area contributed by atoms with Crippen LogP contribution in [0.2, 0.25) is 0 Å². The second-order valence-corrected chi connectivity index (χ2v) is 5.93. The zero-order valence-corrected chi connectivity index (χ0v) is 13.6. The summed E-state index contributed by atoms with van der Waals surface area (Å²) in [6, 6.07) is 6.07. The number of aromatic nitrogens is 1. The van der Waals surface area contributed by atoms with Crippen LogP contribution in [0.1, 0.15) is 18.4 Å². The lowest BCUT2D eigenvalue weighted by Gasteiger charge is -2.26. The van der Waals surface area contributed by atoms with Crippen LogP contribution in [-0.4, -0.2) is 35.2 Å². The van der Waals surface area contributed by atoms with Crippen LogP contribution in [-0.2, 0) is 11.3 Å². The highest BCUT2D eigenvalue weighted by molar-refractivity contribution is 5.89. The smallest absolute Gasteiger partial charge is 0.322 e. The third kappa shape index (κ3) is 4.73. The Balaban J connectivity index is 1.74. The maximum Gasteiger partial charge on any atom is 0.322 e. The number of pyridine rings is 1. The van der Waals surface area contributed by atoms with Crippen molar-refractivity contribution in [2.45, 2.75) is 25.5 Å². The maximum absolute atomic E-state index is 13.8. The van der Waals surface area contributed by atoms with Crippen LogP contribution >= 0.6 is 0 Å². The first-order valence-corrected chi connectivity index (χ1v) is 8.13. The molecule has 0 radical (unpaired) electrons. The summed E-state index contributed by atoms with van der Waals surface area (Å²) in [6.45, 7) is 1.35. The van der Waals surface area contributed by atoms with Crippen molar-refractivity contribution in [3.63, 3.8) is 0 Å². The molecule has 0 aliphatic carbocycles. The minimum atomic E-state index is -0.687. The van der Waals surface area contributed by atoms with Crippen LogP contribution < -0.4 is 5.32 Å². The average Bonchev–Trinajstić information content (AvgIpc) is 3.11. The summed E-state index contributed by atoms with van der Waals surface area (Å²) >= 11 is 0. The van der Waals surface area contributed by atoms with E-state index in [1.165, 1.54) is 4.90 Å². The molecular formula is C18H19F2N3O2. The molecule has 0 saturated carbocycles. The summed E-state index contributed by atoms with van der Waals surface area (Å²) in [6.07, 6.45) is 5.07. The SMILES string of the molecule is O=C(Nc1cc(F)ccc1F)N(Cc1cccnc1)CC1CCCO1. The van der Waals surface area contributed by atoms with Crippen LogP contribution in [0.25, 0.3) is 0 Å². The molecular weight excluding hydrogens is 328 g/mol. The number of ether oxygens (including phenoxy) is 1. The first-order chi connectivity index (χ1) is 12.1. The molecule has 1 aromatic heterocycles. The molecule has 132 valence electrons. The highest BCUT2D eigenvalue weighted by Gasteiger charge is 2.23. The van der Waals surface area contributed by atoms with Gasteiger partial charge >= 0.3 is 6.03 Å². The minimum absolute atomic E-state index is 0.0558. The molecule has 2 aromatic rings. The van der Waals surface area contributed by atoms with Crippen LogP contribution in [0.5, 0.6) is 0 Å². The summed E-state index contributed by atoms with van der Waals surface area (Å²) in [4.78, 5) is 18.2. The summed E-state index contributed by atoms with van der Waals surface area (Å²) in [5.74, 6) is -1.30. The Morgan fingerprint density at radius 1 is 1.36 bits per heavy atom. The van der Waals surface area contributed by atoms with E-state index in [0.717, 1.165) is 36.6 Å². The minimum Gasteiger partial charge on any atom is -0.376 e. The summed E-state index contributed by atoms with van der Waals surface area (Å²) in [5.41, 5.74) is 0.656. The Hall–Kier alpha value is -2.54. The van der Waals surface area contributed by atoms with Gasteiger partial charge in [-0.3, -0.25) is 4.98 Å². The highest BCUT2D eigenvalue weighted by atomic mass is 19.1. The van der Waals surface area contributed by atoms with Gasteiger partial charge in [-0.15, -0.1) is 0 Å². The molecule has 3 rings (SSSR count). The number of hydrogen-bond donors (Lipinski definition) is 1. The molecule has 1 aliphatic rings. The van der Waals surface area contributed by atoms with E-state index in [9.17, 15) is 13.6 Å². The van der Waals surface area contributed by atoms with Gasteiger partial charge in [0, 0.05) is 38.2 Å². The monoisotopic (exact) mass is 347 g/mol. The maximum atomic E-state index is 13.8. The van der Waals surface area contributed by atoms with E-state index >= 15 is 0 Å². The lowest BCUT2D eigenvalue weighted by molar-refractivity contribution is 0.0819. The number of carbonyl (C=O) groups excluding carboxylic acids is 1. The molecule has 2 heterocycles. The molecule has 25 heavy (non-hydrogen) atoms. The molecule has 1 atom stereocenters. The predicted molar refractivity (Wildman–Crippen MR) is 89.0 cm³/mol. The van der Waals surface area contributed by atoms with Gasteiger partial charge in [-0.25, -0.2) is 13.6 Å². The summed E-state index contributed by atoms with van der Waals surface area (Å²) < 4.78 is 32.7. The second-order valence-electron chi connectivity index (χ2n) is 5.93. The Kier molecular flexibility index (Phi) is 5.55. The number of urea groups is 1. The summed E-state index contributed by atoms with van der Waals surface area (Å²) in [7, 11) is 0. The molecule has 0 spiro atoms. The molecule has 5 nitrogen and oxygen atoms in total. The molecule has 1 saturated heterocycles. The highest BCUT2D eigenvalue weighted by Crippen LogP contribution is 2.19. The van der Waals surface area contributed by atoms with E-state index in [2.05, 4.69) is 10.3 Å². The van der Waals surface area contributed by atoms with Gasteiger partial charge < -0.3 is 15.0 Å². The van der Waals surface area contributed by atoms with Gasteiger partial charge in [0.2, 0.25) is 0 Å². The van der Waals surface area contributed by atoms with E-state index in [1.54, 1.807) is 18.5 Å². The topological polar surface area (TPSA) is 54.5 Å². The van der Waals surface area contributed by atoms with Crippen molar-refractivity contribution in [2.75, 3.05) is 18.5 Å². The molecule has 1 N–H and O–H groups in total. The normalized spacial score (nSPS) is 16.6. The molecule has 1 aromatic carbocycles. The van der Waals surface area contributed by atoms with E-state index in [4.69, 9.17) is 4.74 Å². The van der Waals surface area contributed by atoms with E-state index in [-0.39, 0.29) is 11.8 Å². The van der Waals surface area contributed by atoms with Gasteiger partial charge in [-0.05, 0) is 36.6 Å². The zero-order chi connectivity index (χ0) is 17.6. The number of nitrogens with zero attached hydrogens (tertiary/aromatic N) is 2. The average molecular weight is 347 g/mol. The number of halogens is 2. The van der Waals surface area contributed by atoms with Gasteiger partial charge in [0.1, 0.15) is 11.6 Å². The Morgan fingerprint density at radius 2 is 2.24 bits per heavy atom. The molecule has 1 fully saturated rings. The van der Waals surface area contributed by atoms with Gasteiger partial charge in [0.05, 0.1) is 11.8 Å². The van der Waals surface area contributed by atoms with Crippen molar-refractivity contribution in [3.8, 4) is 0 Å². The van der Waals surface area contributed by atoms with E-state index in [0.29, 0.717) is 19.7 Å². The van der Waals surface area contributed by atoms with Crippen LogP contribution in [0.15, 0.2) is 42.7 Å². The lowest BCUT2D eigenvalue weighted by atomic mass is 10.2. The van der Waals surface area contributed by atoms with Crippen LogP contribution in [0, 0.1) is 11.6 Å². The lowest BCUT2D eigenvalue weighted by Crippen LogP contribution is -2.39. The molecule has 1 unspecified atom stereocenters.